The standard InChI is InChI=1S/C10H8F3O.C6H4F2N.O.Os/c1-5-9(12)7(11)4-8(10(5)13)14-6-2-3-6;7-4-1-2-6(9)5(8)3-4;;/h6H,2-3H2,1H3;1-3,9H;;/q2*-1;;. The van der Waals surface area contributed by atoms with E-state index in [1.807, 2.05) is 6.07 Å². The molecular weight excluding hydrogens is 523 g/mol. The molecule has 3 nitrogen and oxygen atoms in total. The second-order valence-electron chi connectivity index (χ2n) is 4.96. The van der Waals surface area contributed by atoms with E-state index in [0.29, 0.717) is 24.6 Å². The summed E-state index contributed by atoms with van der Waals surface area (Å²) in [6.07, 6.45) is 1.58. The molecule has 25 heavy (non-hydrogen) atoms. The van der Waals surface area contributed by atoms with Gasteiger partial charge in [0.25, 0.3) is 0 Å². The second kappa shape index (κ2) is 9.57. The average Bonchev–Trinajstić information content (AvgIpc) is 3.41. The predicted molar refractivity (Wildman–Crippen MR) is 74.6 cm³/mol. The molecule has 3 rings (SSSR count). The van der Waals surface area contributed by atoms with Crippen molar-refractivity contribution in [2.45, 2.75) is 25.9 Å². The first kappa shape index (κ1) is 21.2. The molecule has 0 amide bonds. The first-order valence-electron chi connectivity index (χ1n) is 6.83. The van der Waals surface area contributed by atoms with Gasteiger partial charge in [0.2, 0.25) is 0 Å². The van der Waals surface area contributed by atoms with Gasteiger partial charge >= 0.3 is 22.1 Å². The van der Waals surface area contributed by atoms with Gasteiger partial charge < -0.3 is 10.5 Å². The summed E-state index contributed by atoms with van der Waals surface area (Å²) in [6, 6.07) is 4.72. The Bertz CT molecular complexity index is 741. The Morgan fingerprint density at radius 2 is 1.72 bits per heavy atom. The molecule has 1 fully saturated rings. The molecule has 1 N–H and O–H groups in total. The van der Waals surface area contributed by atoms with Crippen LogP contribution in [0.3, 0.4) is 0 Å². The van der Waals surface area contributed by atoms with Crippen LogP contribution in [0.4, 0.5) is 27.6 Å². The summed E-state index contributed by atoms with van der Waals surface area (Å²) in [5.74, 6) is -5.05. The summed E-state index contributed by atoms with van der Waals surface area (Å²) in [6.45, 7) is 1.17. The van der Waals surface area contributed by atoms with Gasteiger partial charge in [0, 0.05) is 23.5 Å². The quantitative estimate of drug-likeness (QED) is 0.299. The SMILES string of the molecule is Cc1c(F)c(F)[c-]c(OC2CC2)c1F.[NH-]c1ccc(F)cc1F.[O]=[Os]. The van der Waals surface area contributed by atoms with Gasteiger partial charge in [0.1, 0.15) is 11.6 Å². The number of hydrogen-bond acceptors (Lipinski definition) is 2. The van der Waals surface area contributed by atoms with Crippen molar-refractivity contribution < 1.29 is 48.8 Å². The molecule has 0 radical (unpaired) electrons. The predicted octanol–water partition coefficient (Wildman–Crippen LogP) is 5.28. The number of hydrogen-bond donors (Lipinski definition) is 0. The third kappa shape index (κ3) is 6.17. The molecule has 9 heteroatoms. The Hall–Kier alpha value is -1.87. The molecule has 0 aromatic heterocycles. The van der Waals surface area contributed by atoms with Gasteiger partial charge in [0.15, 0.2) is 0 Å². The second-order valence-corrected chi connectivity index (χ2v) is 4.96. The van der Waals surface area contributed by atoms with Gasteiger partial charge in [-0.2, -0.15) is 0 Å². The van der Waals surface area contributed by atoms with Crippen molar-refractivity contribution in [3.63, 3.8) is 0 Å². The fourth-order valence-electron chi connectivity index (χ4n) is 1.56. The van der Waals surface area contributed by atoms with E-state index < -0.39 is 29.1 Å². The normalized spacial score (nSPS) is 12.4. The zero-order chi connectivity index (χ0) is 19.1. The number of benzene rings is 2. The van der Waals surface area contributed by atoms with E-state index in [1.54, 1.807) is 0 Å². The van der Waals surface area contributed by atoms with Crippen LogP contribution in [-0.2, 0) is 22.1 Å². The number of rotatable bonds is 2. The molecule has 0 aliphatic heterocycles. The molecule has 0 spiro atoms. The zero-order valence-electron chi connectivity index (χ0n) is 12.8. The van der Waals surface area contributed by atoms with Gasteiger partial charge in [-0.25, -0.2) is 13.2 Å². The van der Waals surface area contributed by atoms with Gasteiger partial charge in [-0.1, -0.05) is 24.6 Å². The van der Waals surface area contributed by atoms with Crippen LogP contribution in [0, 0.1) is 42.1 Å². The molecule has 0 bridgehead atoms. The number of nitrogens with one attached hydrogen (secondary N) is 1. The fraction of sp³-hybridized carbons (Fsp3) is 0.250. The van der Waals surface area contributed by atoms with E-state index in [9.17, 15) is 22.0 Å². The summed E-state index contributed by atoms with van der Waals surface area (Å²) < 4.78 is 76.4. The first-order chi connectivity index (χ1) is 11.8. The molecule has 2 aromatic rings. The first-order valence-corrected chi connectivity index (χ1v) is 7.87. The number of halogens is 5. The monoisotopic (exact) mass is 537 g/mol. The molecule has 0 heterocycles. The van der Waals surface area contributed by atoms with Crippen molar-refractivity contribution in [1.29, 1.82) is 0 Å². The molecule has 1 aliphatic rings. The van der Waals surface area contributed by atoms with Crippen molar-refractivity contribution in [2.75, 3.05) is 0 Å². The fourth-order valence-corrected chi connectivity index (χ4v) is 1.56. The van der Waals surface area contributed by atoms with Crippen LogP contribution in [0.15, 0.2) is 18.2 Å². The van der Waals surface area contributed by atoms with Crippen molar-refractivity contribution in [3.8, 4) is 5.75 Å². The maximum absolute atomic E-state index is 13.3. The van der Waals surface area contributed by atoms with Crippen LogP contribution < -0.4 is 4.74 Å². The Kier molecular flexibility index (Phi) is 8.10. The minimum absolute atomic E-state index is 0.0648. The molecule has 1 aliphatic carbocycles. The van der Waals surface area contributed by atoms with Crippen molar-refractivity contribution in [1.82, 2.24) is 0 Å². The Labute approximate surface area is 151 Å². The molecule has 0 unspecified atom stereocenters. The van der Waals surface area contributed by atoms with Gasteiger partial charge in [0.05, 0.1) is 11.9 Å². The molecule has 0 saturated heterocycles. The summed E-state index contributed by atoms with van der Waals surface area (Å²) in [5.41, 5.74) is 6.13. The van der Waals surface area contributed by atoms with Crippen molar-refractivity contribution >= 4 is 5.69 Å². The molecule has 0 atom stereocenters. The van der Waals surface area contributed by atoms with Gasteiger partial charge in [-0.15, -0.1) is 5.69 Å². The van der Waals surface area contributed by atoms with E-state index in [2.05, 4.69) is 0 Å². The minimum atomic E-state index is -1.20. The zero-order valence-corrected chi connectivity index (χ0v) is 15.3. The van der Waals surface area contributed by atoms with Crippen LogP contribution in [0.5, 0.6) is 5.75 Å². The van der Waals surface area contributed by atoms with Crippen molar-refractivity contribution in [3.05, 3.63) is 64.6 Å². The average molecular weight is 535 g/mol. The van der Waals surface area contributed by atoms with Crippen LogP contribution in [0.1, 0.15) is 18.4 Å². The summed E-state index contributed by atoms with van der Waals surface area (Å²) in [7, 11) is 0. The summed E-state index contributed by atoms with van der Waals surface area (Å²) in [4.78, 5) is 0. The van der Waals surface area contributed by atoms with Gasteiger partial charge in [-0.3, -0.25) is 8.78 Å². The van der Waals surface area contributed by atoms with Crippen LogP contribution in [0.2, 0.25) is 0 Å². The molecule has 138 valence electrons. The van der Waals surface area contributed by atoms with Gasteiger partial charge in [-0.05, 0) is 18.9 Å². The summed E-state index contributed by atoms with van der Waals surface area (Å²) in [5, 5.41) is 0. The summed E-state index contributed by atoms with van der Waals surface area (Å²) >= 11 is 0.611. The van der Waals surface area contributed by atoms with E-state index in [4.69, 9.17) is 14.0 Å². The van der Waals surface area contributed by atoms with Crippen LogP contribution >= 0.6 is 0 Å². The molecule has 1 saturated carbocycles. The van der Waals surface area contributed by atoms with Crippen molar-refractivity contribution in [2.24, 2.45) is 0 Å². The Morgan fingerprint density at radius 1 is 1.12 bits per heavy atom. The molecular formula is C16H12F5NO2Os-2. The molecule has 2 aromatic carbocycles. The topological polar surface area (TPSA) is 50.1 Å². The maximum atomic E-state index is 13.3. The van der Waals surface area contributed by atoms with Crippen LogP contribution in [-0.4, -0.2) is 6.10 Å². The third-order valence-corrected chi connectivity index (χ3v) is 3.01. The Morgan fingerprint density at radius 3 is 2.20 bits per heavy atom. The number of ether oxygens (including phenoxy) is 1. The van der Waals surface area contributed by atoms with E-state index >= 15 is 0 Å². The van der Waals surface area contributed by atoms with E-state index in [-0.39, 0.29) is 23.1 Å². The third-order valence-electron chi connectivity index (χ3n) is 3.01. The van der Waals surface area contributed by atoms with E-state index in [0.717, 1.165) is 25.0 Å². The Balaban J connectivity index is 0.000000246. The van der Waals surface area contributed by atoms with Crippen LogP contribution in [0.25, 0.3) is 5.73 Å². The van der Waals surface area contributed by atoms with E-state index in [1.165, 1.54) is 6.92 Å².